The molecule has 0 N–H and O–H groups in total. The van der Waals surface area contributed by atoms with Crippen LogP contribution in [0.25, 0.3) is 11.5 Å². The maximum Gasteiger partial charge on any atom is 0.332 e. The van der Waals surface area contributed by atoms with Crippen molar-refractivity contribution in [1.82, 2.24) is 9.99 Å². The normalized spacial score (nSPS) is 16.4. The standard InChI is InChI=1S/C31H32N4O4/c1-3-37-31(36)29-28(33-34-35(29)21-24-10-6-4-7-11-24)20-23-14-16-26(17-15-23)38-19-18-27-22(2)39-30(32-27)25-12-8-5-9-13-25/h4-17,28-29H,3,18-21H2,1-2H3. The minimum absolute atomic E-state index is 0.304. The highest BCUT2D eigenvalue weighted by molar-refractivity contribution is 5.77. The fourth-order valence-corrected chi connectivity index (χ4v) is 4.60. The van der Waals surface area contributed by atoms with Crippen molar-refractivity contribution >= 4 is 5.97 Å². The fourth-order valence-electron chi connectivity index (χ4n) is 4.60. The largest absolute Gasteiger partial charge is 0.493 e. The van der Waals surface area contributed by atoms with Crippen LogP contribution in [0.5, 0.6) is 5.75 Å². The molecule has 5 rings (SSSR count). The molecule has 200 valence electrons. The molecule has 0 saturated heterocycles. The highest BCUT2D eigenvalue weighted by Gasteiger charge is 2.39. The Morgan fingerprint density at radius 3 is 2.38 bits per heavy atom. The van der Waals surface area contributed by atoms with Gasteiger partial charge < -0.3 is 13.9 Å². The van der Waals surface area contributed by atoms with Gasteiger partial charge in [0.2, 0.25) is 5.89 Å². The maximum absolute atomic E-state index is 12.8. The van der Waals surface area contributed by atoms with Crippen LogP contribution in [0.4, 0.5) is 0 Å². The Hall–Kier alpha value is -4.46. The van der Waals surface area contributed by atoms with Gasteiger partial charge in [-0.05, 0) is 55.7 Å². The second kappa shape index (κ2) is 12.4. The maximum atomic E-state index is 12.8. The number of aromatic nitrogens is 1. The Morgan fingerprint density at radius 1 is 0.949 bits per heavy atom. The Labute approximate surface area is 228 Å². The van der Waals surface area contributed by atoms with E-state index >= 15 is 0 Å². The lowest BCUT2D eigenvalue weighted by Crippen LogP contribution is -2.43. The molecule has 1 aliphatic heterocycles. The van der Waals surface area contributed by atoms with Crippen molar-refractivity contribution in [1.29, 1.82) is 0 Å². The van der Waals surface area contributed by atoms with Crippen molar-refractivity contribution in [3.8, 4) is 17.2 Å². The first-order valence-corrected chi connectivity index (χ1v) is 13.2. The predicted molar refractivity (Wildman–Crippen MR) is 147 cm³/mol. The fraction of sp³-hybridized carbons (Fsp3) is 0.290. The molecule has 0 spiro atoms. The van der Waals surface area contributed by atoms with Crippen molar-refractivity contribution in [2.45, 2.75) is 45.3 Å². The molecular formula is C31H32N4O4. The Balaban J connectivity index is 1.17. The summed E-state index contributed by atoms with van der Waals surface area (Å²) in [6.45, 7) is 5.03. The second-order valence-corrected chi connectivity index (χ2v) is 9.39. The van der Waals surface area contributed by atoms with Crippen LogP contribution in [0, 0.1) is 6.92 Å². The molecule has 1 aliphatic rings. The van der Waals surface area contributed by atoms with Crippen LogP contribution in [0.15, 0.2) is 99.7 Å². The van der Waals surface area contributed by atoms with Gasteiger partial charge in [0.1, 0.15) is 17.6 Å². The van der Waals surface area contributed by atoms with Crippen LogP contribution in [0.3, 0.4) is 0 Å². The van der Waals surface area contributed by atoms with E-state index in [1.54, 1.807) is 5.01 Å². The molecule has 0 aliphatic carbocycles. The molecule has 2 atom stereocenters. The van der Waals surface area contributed by atoms with Gasteiger partial charge in [0.05, 0.1) is 25.5 Å². The molecule has 0 radical (unpaired) electrons. The minimum Gasteiger partial charge on any atom is -0.493 e. The average molecular weight is 525 g/mol. The topological polar surface area (TPSA) is 89.5 Å². The number of esters is 1. The van der Waals surface area contributed by atoms with E-state index in [4.69, 9.17) is 13.9 Å². The first kappa shape index (κ1) is 26.2. The summed E-state index contributed by atoms with van der Waals surface area (Å²) in [6.07, 6.45) is 1.21. The number of oxazole rings is 1. The van der Waals surface area contributed by atoms with Gasteiger partial charge in [0.25, 0.3) is 0 Å². The van der Waals surface area contributed by atoms with E-state index in [1.807, 2.05) is 98.8 Å². The smallest absolute Gasteiger partial charge is 0.332 e. The highest BCUT2D eigenvalue weighted by Crippen LogP contribution is 2.26. The lowest BCUT2D eigenvalue weighted by atomic mass is 9.99. The zero-order valence-electron chi connectivity index (χ0n) is 22.2. The predicted octanol–water partition coefficient (Wildman–Crippen LogP) is 6.00. The molecule has 39 heavy (non-hydrogen) atoms. The van der Waals surface area contributed by atoms with Gasteiger partial charge in [0, 0.05) is 12.0 Å². The average Bonchev–Trinajstić information content (AvgIpc) is 3.53. The van der Waals surface area contributed by atoms with Gasteiger partial charge in [-0.2, -0.15) is 5.11 Å². The SMILES string of the molecule is CCOC(=O)C1C(Cc2ccc(OCCc3nc(-c4ccccc4)oc3C)cc2)N=NN1Cc1ccccc1. The van der Waals surface area contributed by atoms with Crippen LogP contribution in [0.1, 0.15) is 29.5 Å². The summed E-state index contributed by atoms with van der Waals surface area (Å²) < 4.78 is 17.2. The number of hydrogen-bond donors (Lipinski definition) is 0. The molecule has 1 aromatic heterocycles. The van der Waals surface area contributed by atoms with E-state index in [9.17, 15) is 4.79 Å². The Morgan fingerprint density at radius 2 is 1.67 bits per heavy atom. The number of rotatable bonds is 11. The zero-order chi connectivity index (χ0) is 27.0. The van der Waals surface area contributed by atoms with Crippen molar-refractivity contribution in [2.75, 3.05) is 13.2 Å². The molecule has 0 amide bonds. The van der Waals surface area contributed by atoms with E-state index < -0.39 is 6.04 Å². The molecule has 0 saturated carbocycles. The van der Waals surface area contributed by atoms with Gasteiger partial charge >= 0.3 is 5.97 Å². The van der Waals surface area contributed by atoms with Crippen molar-refractivity contribution in [3.63, 3.8) is 0 Å². The van der Waals surface area contributed by atoms with Crippen LogP contribution in [-0.4, -0.2) is 41.3 Å². The van der Waals surface area contributed by atoms with Crippen molar-refractivity contribution < 1.29 is 18.7 Å². The lowest BCUT2D eigenvalue weighted by Gasteiger charge is -2.24. The molecule has 3 aromatic carbocycles. The minimum atomic E-state index is -0.562. The summed E-state index contributed by atoms with van der Waals surface area (Å²) in [5, 5.41) is 10.5. The highest BCUT2D eigenvalue weighted by atomic mass is 16.5. The van der Waals surface area contributed by atoms with E-state index in [0.29, 0.717) is 38.5 Å². The zero-order valence-corrected chi connectivity index (χ0v) is 22.2. The lowest BCUT2D eigenvalue weighted by molar-refractivity contribution is -0.149. The van der Waals surface area contributed by atoms with E-state index in [-0.39, 0.29) is 12.0 Å². The number of carbonyl (C=O) groups excluding carboxylic acids is 1. The van der Waals surface area contributed by atoms with Crippen molar-refractivity contribution in [3.05, 3.63) is 108 Å². The number of benzene rings is 3. The molecular weight excluding hydrogens is 492 g/mol. The quantitative estimate of drug-likeness (QED) is 0.224. The number of ether oxygens (including phenoxy) is 2. The van der Waals surface area contributed by atoms with Crippen LogP contribution in [-0.2, 0) is 28.9 Å². The molecule has 4 aromatic rings. The summed E-state index contributed by atoms with van der Waals surface area (Å²) in [4.78, 5) is 17.5. The van der Waals surface area contributed by atoms with E-state index in [0.717, 1.165) is 33.9 Å². The van der Waals surface area contributed by atoms with Gasteiger partial charge in [-0.1, -0.05) is 65.9 Å². The third kappa shape index (κ3) is 6.52. The first-order chi connectivity index (χ1) is 19.1. The summed E-state index contributed by atoms with van der Waals surface area (Å²) in [5.41, 5.74) is 3.95. The molecule has 2 unspecified atom stereocenters. The Kier molecular flexibility index (Phi) is 8.31. The van der Waals surface area contributed by atoms with Crippen molar-refractivity contribution in [2.24, 2.45) is 10.3 Å². The molecule has 8 nitrogen and oxygen atoms in total. The van der Waals surface area contributed by atoms with Gasteiger partial charge in [-0.3, -0.25) is 5.01 Å². The van der Waals surface area contributed by atoms with Crippen LogP contribution < -0.4 is 4.74 Å². The third-order valence-electron chi connectivity index (χ3n) is 6.61. The molecule has 8 heteroatoms. The van der Waals surface area contributed by atoms with Crippen LogP contribution in [0.2, 0.25) is 0 Å². The number of carbonyl (C=O) groups is 1. The van der Waals surface area contributed by atoms with E-state index in [2.05, 4.69) is 15.3 Å². The van der Waals surface area contributed by atoms with Gasteiger partial charge in [-0.25, -0.2) is 9.78 Å². The summed E-state index contributed by atoms with van der Waals surface area (Å²) in [5.74, 6) is 1.89. The number of nitrogens with zero attached hydrogens (tertiary/aromatic N) is 4. The number of hydrogen-bond acceptors (Lipinski definition) is 8. The summed E-state index contributed by atoms with van der Waals surface area (Å²) in [6, 6.07) is 26.8. The first-order valence-electron chi connectivity index (χ1n) is 13.2. The molecule has 2 heterocycles. The monoisotopic (exact) mass is 524 g/mol. The molecule has 0 bridgehead atoms. The Bertz CT molecular complexity index is 1390. The van der Waals surface area contributed by atoms with E-state index in [1.165, 1.54) is 0 Å². The third-order valence-corrected chi connectivity index (χ3v) is 6.61. The van der Waals surface area contributed by atoms with Gasteiger partial charge in [0.15, 0.2) is 6.04 Å². The molecule has 0 fully saturated rings. The number of aryl methyl sites for hydroxylation is 1. The second-order valence-electron chi connectivity index (χ2n) is 9.39. The van der Waals surface area contributed by atoms with Crippen LogP contribution >= 0.6 is 0 Å². The summed E-state index contributed by atoms with van der Waals surface area (Å²) in [7, 11) is 0. The van der Waals surface area contributed by atoms with Gasteiger partial charge in [-0.15, -0.1) is 0 Å². The summed E-state index contributed by atoms with van der Waals surface area (Å²) >= 11 is 0.